The first-order valence-corrected chi connectivity index (χ1v) is 5.42. The second-order valence-corrected chi connectivity index (χ2v) is 4.28. The maximum absolute atomic E-state index is 10.3. The first-order valence-electron chi connectivity index (χ1n) is 5.42. The lowest BCUT2D eigenvalue weighted by Gasteiger charge is -2.35. The largest absolute Gasteiger partial charge is 0.550 e. The molecule has 0 radical (unpaired) electrons. The number of aliphatic carboxylic acids is 1. The van der Waals surface area contributed by atoms with E-state index in [9.17, 15) is 9.90 Å². The lowest BCUT2D eigenvalue weighted by atomic mass is 9.71. The number of unbranched alkanes of at least 4 members (excludes halogenated alkanes) is 2. The van der Waals surface area contributed by atoms with Crippen LogP contribution in [0.2, 0.25) is 0 Å². The van der Waals surface area contributed by atoms with E-state index in [-0.39, 0.29) is 6.42 Å². The minimum Gasteiger partial charge on any atom is -0.550 e. The summed E-state index contributed by atoms with van der Waals surface area (Å²) >= 11 is 0. The van der Waals surface area contributed by atoms with Crippen molar-refractivity contribution in [3.05, 3.63) is 0 Å². The van der Waals surface area contributed by atoms with Gasteiger partial charge in [0.25, 0.3) is 0 Å². The monoisotopic (exact) mass is 183 g/mol. The summed E-state index contributed by atoms with van der Waals surface area (Å²) in [7, 11) is 0. The Morgan fingerprint density at radius 1 is 1.31 bits per heavy atom. The predicted octanol–water partition coefficient (Wildman–Crippen LogP) is 1.73. The second kappa shape index (κ2) is 5.25. The molecule has 1 rings (SSSR count). The number of hydrogen-bond acceptors (Lipinski definition) is 2. The minimum absolute atomic E-state index is 0.282. The van der Waals surface area contributed by atoms with Gasteiger partial charge in [0.2, 0.25) is 0 Å². The third-order valence-corrected chi connectivity index (χ3v) is 3.00. The molecule has 0 N–H and O–H groups in total. The molecule has 2 nitrogen and oxygen atoms in total. The zero-order valence-electron chi connectivity index (χ0n) is 8.42. The number of rotatable bonds is 6. The SMILES string of the molecule is CCCCCC1CC(CC(=O)[O-])C1. The molecule has 0 aromatic carbocycles. The average molecular weight is 183 g/mol. The fourth-order valence-corrected chi connectivity index (χ4v) is 2.19. The molecule has 0 heterocycles. The van der Waals surface area contributed by atoms with Gasteiger partial charge >= 0.3 is 0 Å². The Bertz CT molecular complexity index is 159. The standard InChI is InChI=1S/C11H20O2/c1-2-3-4-5-9-6-10(7-9)8-11(12)13/h9-10H,2-8H2,1H3,(H,12,13)/p-1. The van der Waals surface area contributed by atoms with Crippen LogP contribution in [0, 0.1) is 11.8 Å². The molecule has 0 spiro atoms. The van der Waals surface area contributed by atoms with Crippen LogP contribution in [0.25, 0.3) is 0 Å². The van der Waals surface area contributed by atoms with Crippen LogP contribution in [0.4, 0.5) is 0 Å². The van der Waals surface area contributed by atoms with Gasteiger partial charge in [0.15, 0.2) is 0 Å². The van der Waals surface area contributed by atoms with E-state index in [1.54, 1.807) is 0 Å². The molecular weight excluding hydrogens is 164 g/mol. The molecule has 2 heteroatoms. The highest BCUT2D eigenvalue weighted by atomic mass is 16.4. The molecule has 76 valence electrons. The third kappa shape index (κ3) is 3.79. The van der Waals surface area contributed by atoms with Gasteiger partial charge in [0, 0.05) is 5.97 Å². The van der Waals surface area contributed by atoms with Gasteiger partial charge in [0.1, 0.15) is 0 Å². The molecule has 0 saturated heterocycles. The first kappa shape index (κ1) is 10.6. The predicted molar refractivity (Wildman–Crippen MR) is 50.0 cm³/mol. The molecule has 13 heavy (non-hydrogen) atoms. The molecule has 0 aromatic heterocycles. The first-order chi connectivity index (χ1) is 6.22. The Labute approximate surface area is 80.3 Å². The summed E-state index contributed by atoms with van der Waals surface area (Å²) in [6, 6.07) is 0. The second-order valence-electron chi connectivity index (χ2n) is 4.28. The number of carboxylic acid groups (broad SMARTS) is 1. The summed E-state index contributed by atoms with van der Waals surface area (Å²) in [5.74, 6) is 0.365. The van der Waals surface area contributed by atoms with Gasteiger partial charge in [-0.2, -0.15) is 0 Å². The van der Waals surface area contributed by atoms with E-state index in [1.165, 1.54) is 25.7 Å². The lowest BCUT2D eigenvalue weighted by molar-refractivity contribution is -0.307. The summed E-state index contributed by atoms with van der Waals surface area (Å²) in [6.07, 6.45) is 7.74. The molecule has 1 aliphatic rings. The quantitative estimate of drug-likeness (QED) is 0.588. The topological polar surface area (TPSA) is 40.1 Å². The van der Waals surface area contributed by atoms with Gasteiger partial charge in [-0.25, -0.2) is 0 Å². The summed E-state index contributed by atoms with van der Waals surface area (Å²) in [5, 5.41) is 10.3. The molecule has 0 aromatic rings. The number of carbonyl (C=O) groups excluding carboxylic acids is 1. The number of carboxylic acids is 1. The average Bonchev–Trinajstić information content (AvgIpc) is 1.99. The maximum atomic E-state index is 10.3. The van der Waals surface area contributed by atoms with Crippen LogP contribution in [0.1, 0.15) is 51.9 Å². The van der Waals surface area contributed by atoms with Gasteiger partial charge in [-0.1, -0.05) is 32.6 Å². The molecule has 1 fully saturated rings. The van der Waals surface area contributed by atoms with Crippen LogP contribution in [-0.4, -0.2) is 5.97 Å². The van der Waals surface area contributed by atoms with Crippen molar-refractivity contribution < 1.29 is 9.90 Å². The van der Waals surface area contributed by atoms with Crippen molar-refractivity contribution in [2.75, 3.05) is 0 Å². The van der Waals surface area contributed by atoms with Gasteiger partial charge in [-0.05, 0) is 31.1 Å². The Morgan fingerprint density at radius 2 is 2.00 bits per heavy atom. The van der Waals surface area contributed by atoms with E-state index in [0.29, 0.717) is 5.92 Å². The Morgan fingerprint density at radius 3 is 2.54 bits per heavy atom. The van der Waals surface area contributed by atoms with Crippen LogP contribution < -0.4 is 5.11 Å². The summed E-state index contributed by atoms with van der Waals surface area (Å²) in [5.41, 5.74) is 0. The molecule has 0 atom stereocenters. The minimum atomic E-state index is -0.878. The van der Waals surface area contributed by atoms with Gasteiger partial charge < -0.3 is 9.90 Å². The summed E-state index contributed by atoms with van der Waals surface area (Å²) in [6.45, 7) is 2.21. The summed E-state index contributed by atoms with van der Waals surface area (Å²) < 4.78 is 0. The zero-order chi connectivity index (χ0) is 9.68. The van der Waals surface area contributed by atoms with Crippen LogP contribution in [-0.2, 0) is 4.79 Å². The van der Waals surface area contributed by atoms with Crippen LogP contribution in [0.5, 0.6) is 0 Å². The van der Waals surface area contributed by atoms with Crippen LogP contribution in [0.3, 0.4) is 0 Å². The van der Waals surface area contributed by atoms with Crippen molar-refractivity contribution in [2.24, 2.45) is 11.8 Å². The molecule has 1 aliphatic carbocycles. The van der Waals surface area contributed by atoms with Gasteiger partial charge in [-0.15, -0.1) is 0 Å². The highest BCUT2D eigenvalue weighted by Crippen LogP contribution is 2.38. The van der Waals surface area contributed by atoms with E-state index in [2.05, 4.69) is 6.92 Å². The number of hydrogen-bond donors (Lipinski definition) is 0. The van der Waals surface area contributed by atoms with Gasteiger partial charge in [0.05, 0.1) is 0 Å². The van der Waals surface area contributed by atoms with Crippen molar-refractivity contribution in [1.82, 2.24) is 0 Å². The van der Waals surface area contributed by atoms with Crippen LogP contribution in [0.15, 0.2) is 0 Å². The summed E-state index contributed by atoms with van der Waals surface area (Å²) in [4.78, 5) is 10.3. The van der Waals surface area contributed by atoms with E-state index in [1.807, 2.05) is 0 Å². The van der Waals surface area contributed by atoms with Crippen molar-refractivity contribution in [3.8, 4) is 0 Å². The van der Waals surface area contributed by atoms with E-state index < -0.39 is 5.97 Å². The third-order valence-electron chi connectivity index (χ3n) is 3.00. The molecule has 0 aliphatic heterocycles. The van der Waals surface area contributed by atoms with Gasteiger partial charge in [-0.3, -0.25) is 0 Å². The van der Waals surface area contributed by atoms with E-state index >= 15 is 0 Å². The van der Waals surface area contributed by atoms with Crippen molar-refractivity contribution >= 4 is 5.97 Å². The van der Waals surface area contributed by atoms with E-state index in [0.717, 1.165) is 18.8 Å². The van der Waals surface area contributed by atoms with Crippen molar-refractivity contribution in [1.29, 1.82) is 0 Å². The highest BCUT2D eigenvalue weighted by Gasteiger charge is 2.27. The number of carbonyl (C=O) groups is 1. The van der Waals surface area contributed by atoms with Crippen molar-refractivity contribution in [2.45, 2.75) is 51.9 Å². The lowest BCUT2D eigenvalue weighted by Crippen LogP contribution is -2.31. The highest BCUT2D eigenvalue weighted by molar-refractivity contribution is 5.64. The van der Waals surface area contributed by atoms with Crippen molar-refractivity contribution in [3.63, 3.8) is 0 Å². The Balaban J connectivity index is 1.95. The normalized spacial score (nSPS) is 26.8. The molecule has 1 saturated carbocycles. The molecular formula is C11H19O2-. The Hall–Kier alpha value is -0.530. The smallest absolute Gasteiger partial charge is 0.0417 e. The maximum Gasteiger partial charge on any atom is 0.0417 e. The fourth-order valence-electron chi connectivity index (χ4n) is 2.19. The Kier molecular flexibility index (Phi) is 4.26. The van der Waals surface area contributed by atoms with Crippen LogP contribution >= 0.6 is 0 Å². The fraction of sp³-hybridized carbons (Fsp3) is 0.909. The molecule has 0 amide bonds. The molecule has 0 unspecified atom stereocenters. The zero-order valence-corrected chi connectivity index (χ0v) is 8.42. The van der Waals surface area contributed by atoms with E-state index in [4.69, 9.17) is 0 Å². The molecule has 0 bridgehead atoms.